The number of H-pyrrole nitrogens is 1. The van der Waals surface area contributed by atoms with E-state index in [1.807, 2.05) is 6.92 Å². The molecule has 0 aliphatic carbocycles. The lowest BCUT2D eigenvalue weighted by atomic mass is 10.1. The summed E-state index contributed by atoms with van der Waals surface area (Å²) in [6, 6.07) is 2.99. The largest absolute Gasteiger partial charge is 0.507 e. The molecule has 0 spiro atoms. The van der Waals surface area contributed by atoms with Gasteiger partial charge in [0.1, 0.15) is 5.75 Å². The van der Waals surface area contributed by atoms with Crippen molar-refractivity contribution in [1.29, 1.82) is 0 Å². The maximum atomic E-state index is 11.3. The predicted molar refractivity (Wildman–Crippen MR) is 60.3 cm³/mol. The molecule has 16 heavy (non-hydrogen) atoms. The highest BCUT2D eigenvalue weighted by atomic mass is 16.3. The minimum Gasteiger partial charge on any atom is -0.507 e. The summed E-state index contributed by atoms with van der Waals surface area (Å²) < 4.78 is 1.66. The second kappa shape index (κ2) is 3.84. The summed E-state index contributed by atoms with van der Waals surface area (Å²) in [5.41, 5.74) is 1.83. The van der Waals surface area contributed by atoms with E-state index in [9.17, 15) is 9.90 Å². The monoisotopic (exact) mass is 219 g/mol. The average Bonchev–Trinajstić information content (AvgIpc) is 2.63. The fourth-order valence-corrected chi connectivity index (χ4v) is 1.77. The van der Waals surface area contributed by atoms with Crippen molar-refractivity contribution in [1.82, 2.24) is 14.8 Å². The second-order valence-electron chi connectivity index (χ2n) is 3.57. The van der Waals surface area contributed by atoms with Crippen molar-refractivity contribution in [2.24, 2.45) is 7.05 Å². The van der Waals surface area contributed by atoms with E-state index in [4.69, 9.17) is 0 Å². The molecule has 2 heterocycles. The number of nitrogens with zero attached hydrogens (tertiary/aromatic N) is 2. The predicted octanol–water partition coefficient (Wildman–Crippen LogP) is 1.04. The van der Waals surface area contributed by atoms with Crippen molar-refractivity contribution >= 4 is 0 Å². The average molecular weight is 219 g/mol. The second-order valence-corrected chi connectivity index (χ2v) is 3.57. The number of hydrogen-bond acceptors (Lipinski definition) is 3. The lowest BCUT2D eigenvalue weighted by Gasteiger charge is -2.09. The van der Waals surface area contributed by atoms with Gasteiger partial charge in [-0.2, -0.15) is 5.10 Å². The van der Waals surface area contributed by atoms with Gasteiger partial charge < -0.3 is 10.1 Å². The van der Waals surface area contributed by atoms with Crippen LogP contribution in [0.2, 0.25) is 0 Å². The van der Waals surface area contributed by atoms with Crippen LogP contribution >= 0.6 is 0 Å². The number of rotatable bonds is 2. The van der Waals surface area contributed by atoms with E-state index in [0.717, 1.165) is 11.3 Å². The van der Waals surface area contributed by atoms with Crippen molar-refractivity contribution in [3.05, 3.63) is 34.2 Å². The first-order valence-electron chi connectivity index (χ1n) is 5.07. The summed E-state index contributed by atoms with van der Waals surface area (Å²) in [7, 11) is 1.79. The Morgan fingerprint density at radius 2 is 2.31 bits per heavy atom. The van der Waals surface area contributed by atoms with Crippen LogP contribution in [0.4, 0.5) is 0 Å². The third-order valence-corrected chi connectivity index (χ3v) is 2.56. The van der Waals surface area contributed by atoms with Crippen molar-refractivity contribution < 1.29 is 5.11 Å². The molecule has 0 unspecified atom stereocenters. The zero-order valence-electron chi connectivity index (χ0n) is 9.19. The number of aromatic hydroxyl groups is 1. The number of aromatic nitrogens is 3. The third kappa shape index (κ3) is 1.60. The van der Waals surface area contributed by atoms with Crippen LogP contribution in [0.1, 0.15) is 12.5 Å². The standard InChI is InChI=1S/C11H13N3O2/c1-3-7-9(15)6-10(16)13-11(7)8-4-5-12-14(8)2/h4-6H,3H2,1-2H3,(H2,13,15,16). The Morgan fingerprint density at radius 3 is 2.88 bits per heavy atom. The molecule has 0 atom stereocenters. The van der Waals surface area contributed by atoms with E-state index < -0.39 is 0 Å². The zero-order chi connectivity index (χ0) is 11.7. The van der Waals surface area contributed by atoms with Gasteiger partial charge in [-0.15, -0.1) is 0 Å². The summed E-state index contributed by atoms with van der Waals surface area (Å²) in [5, 5.41) is 13.8. The molecule has 0 fully saturated rings. The van der Waals surface area contributed by atoms with E-state index in [2.05, 4.69) is 10.1 Å². The van der Waals surface area contributed by atoms with Crippen LogP contribution in [0.5, 0.6) is 5.75 Å². The molecule has 0 amide bonds. The molecule has 5 heteroatoms. The van der Waals surface area contributed by atoms with Crippen molar-refractivity contribution in [3.8, 4) is 17.1 Å². The van der Waals surface area contributed by atoms with Crippen LogP contribution in [0.3, 0.4) is 0 Å². The Bertz CT molecular complexity index is 569. The van der Waals surface area contributed by atoms with E-state index in [1.54, 1.807) is 24.0 Å². The van der Waals surface area contributed by atoms with E-state index in [-0.39, 0.29) is 11.3 Å². The van der Waals surface area contributed by atoms with Gasteiger partial charge >= 0.3 is 0 Å². The van der Waals surface area contributed by atoms with Crippen molar-refractivity contribution in [2.75, 3.05) is 0 Å². The minimum atomic E-state index is -0.314. The van der Waals surface area contributed by atoms with E-state index in [0.29, 0.717) is 12.1 Å². The Morgan fingerprint density at radius 1 is 1.56 bits per heavy atom. The van der Waals surface area contributed by atoms with Crippen LogP contribution in [0.15, 0.2) is 23.1 Å². The maximum absolute atomic E-state index is 11.3. The Labute approximate surface area is 92.4 Å². The molecule has 2 rings (SSSR count). The first kappa shape index (κ1) is 10.5. The molecule has 0 aliphatic rings. The molecular weight excluding hydrogens is 206 g/mol. The fraction of sp³-hybridized carbons (Fsp3) is 0.273. The Hall–Kier alpha value is -2.04. The summed E-state index contributed by atoms with van der Waals surface area (Å²) in [6.07, 6.45) is 2.29. The lowest BCUT2D eigenvalue weighted by molar-refractivity contribution is 0.467. The van der Waals surface area contributed by atoms with Gasteiger partial charge in [-0.1, -0.05) is 6.92 Å². The molecule has 2 aromatic rings. The van der Waals surface area contributed by atoms with Crippen LogP contribution < -0.4 is 5.56 Å². The molecule has 0 saturated carbocycles. The summed E-state index contributed by atoms with van der Waals surface area (Å²) in [5.74, 6) is 0.0300. The number of hydrogen-bond donors (Lipinski definition) is 2. The SMILES string of the molecule is CCc1c(O)cc(=O)[nH]c1-c1ccnn1C. The van der Waals surface area contributed by atoms with Gasteiger partial charge in [0.2, 0.25) is 0 Å². The highest BCUT2D eigenvalue weighted by Gasteiger charge is 2.12. The smallest absolute Gasteiger partial charge is 0.252 e. The summed E-state index contributed by atoms with van der Waals surface area (Å²) in [6.45, 7) is 1.92. The van der Waals surface area contributed by atoms with Crippen molar-refractivity contribution in [3.63, 3.8) is 0 Å². The van der Waals surface area contributed by atoms with Crippen LogP contribution in [0.25, 0.3) is 11.4 Å². The first-order chi connectivity index (χ1) is 7.63. The van der Waals surface area contributed by atoms with Gasteiger partial charge in [-0.05, 0) is 12.5 Å². The fourth-order valence-electron chi connectivity index (χ4n) is 1.77. The zero-order valence-corrected chi connectivity index (χ0v) is 9.19. The number of pyridine rings is 1. The molecule has 2 N–H and O–H groups in total. The van der Waals surface area contributed by atoms with Gasteiger partial charge in [0.15, 0.2) is 0 Å². The van der Waals surface area contributed by atoms with Gasteiger partial charge in [0.05, 0.1) is 11.4 Å². The highest BCUT2D eigenvalue weighted by molar-refractivity contribution is 5.62. The van der Waals surface area contributed by atoms with Gasteiger partial charge in [-0.3, -0.25) is 9.48 Å². The molecule has 0 aliphatic heterocycles. The van der Waals surface area contributed by atoms with E-state index in [1.165, 1.54) is 6.07 Å². The van der Waals surface area contributed by atoms with Crippen LogP contribution in [-0.4, -0.2) is 19.9 Å². The topological polar surface area (TPSA) is 70.9 Å². The first-order valence-corrected chi connectivity index (χ1v) is 5.07. The molecule has 0 saturated heterocycles. The molecule has 0 aromatic carbocycles. The number of aryl methyl sites for hydroxylation is 1. The molecule has 84 valence electrons. The van der Waals surface area contributed by atoms with Crippen LogP contribution in [-0.2, 0) is 13.5 Å². The minimum absolute atomic E-state index is 0.0300. The normalized spacial score (nSPS) is 10.6. The summed E-state index contributed by atoms with van der Waals surface area (Å²) >= 11 is 0. The quantitative estimate of drug-likeness (QED) is 0.792. The number of aromatic amines is 1. The molecular formula is C11H13N3O2. The number of nitrogens with one attached hydrogen (secondary N) is 1. The summed E-state index contributed by atoms with van der Waals surface area (Å²) in [4.78, 5) is 14.1. The molecule has 5 nitrogen and oxygen atoms in total. The van der Waals surface area contributed by atoms with Gasteiger partial charge in [-0.25, -0.2) is 0 Å². The molecule has 2 aromatic heterocycles. The van der Waals surface area contributed by atoms with Crippen molar-refractivity contribution in [2.45, 2.75) is 13.3 Å². The lowest BCUT2D eigenvalue weighted by Crippen LogP contribution is -2.09. The maximum Gasteiger partial charge on any atom is 0.252 e. The molecule has 0 radical (unpaired) electrons. The highest BCUT2D eigenvalue weighted by Crippen LogP contribution is 2.26. The van der Waals surface area contributed by atoms with E-state index >= 15 is 0 Å². The van der Waals surface area contributed by atoms with Gasteiger partial charge in [0, 0.05) is 24.9 Å². The van der Waals surface area contributed by atoms with Crippen LogP contribution in [0, 0.1) is 0 Å². The Kier molecular flexibility index (Phi) is 2.52. The van der Waals surface area contributed by atoms with Gasteiger partial charge in [0.25, 0.3) is 5.56 Å². The third-order valence-electron chi connectivity index (χ3n) is 2.56. The Balaban J connectivity index is 2.73. The molecule has 0 bridgehead atoms.